The predicted octanol–water partition coefficient (Wildman–Crippen LogP) is 2.76. The third-order valence-electron chi connectivity index (χ3n) is 3.74. The number of amides is 1. The summed E-state index contributed by atoms with van der Waals surface area (Å²) in [4.78, 5) is 16.1. The fourth-order valence-electron chi connectivity index (χ4n) is 2.43. The molecule has 1 amide bonds. The van der Waals surface area contributed by atoms with Crippen LogP contribution in [0, 0.1) is 0 Å². The van der Waals surface area contributed by atoms with Crippen molar-refractivity contribution in [2.75, 3.05) is 43.1 Å². The summed E-state index contributed by atoms with van der Waals surface area (Å²) < 4.78 is 0. The maximum Gasteiger partial charge on any atom is 0.251 e. The van der Waals surface area contributed by atoms with E-state index in [-0.39, 0.29) is 5.91 Å². The number of carbonyl (C=O) groups is 1. The normalized spacial score (nSPS) is 16.7. The van der Waals surface area contributed by atoms with Gasteiger partial charge in [-0.25, -0.2) is 0 Å². The molecule has 0 unspecified atom stereocenters. The summed E-state index contributed by atoms with van der Waals surface area (Å²) in [6, 6.07) is 5.55. The van der Waals surface area contributed by atoms with Gasteiger partial charge in [-0.15, -0.1) is 0 Å². The van der Waals surface area contributed by atoms with Crippen molar-refractivity contribution in [2.45, 2.75) is 12.5 Å². The van der Waals surface area contributed by atoms with Gasteiger partial charge < -0.3 is 14.9 Å². The van der Waals surface area contributed by atoms with E-state index in [4.69, 9.17) is 23.2 Å². The van der Waals surface area contributed by atoms with Gasteiger partial charge in [0.1, 0.15) is 6.10 Å². The highest BCUT2D eigenvalue weighted by atomic mass is 35.5. The Hall–Kier alpha value is -0.620. The molecule has 1 aliphatic heterocycles. The van der Waals surface area contributed by atoms with Crippen molar-refractivity contribution in [1.82, 2.24) is 4.90 Å². The Kier molecular flexibility index (Phi) is 6.68. The highest BCUT2D eigenvalue weighted by molar-refractivity contribution is 7.98. The molecule has 1 N–H and O–H groups in total. The molecule has 0 aromatic heterocycles. The van der Waals surface area contributed by atoms with Crippen molar-refractivity contribution in [3.63, 3.8) is 0 Å². The standard InChI is InChI=1S/C15H20Cl2N2O2S/c1-22-9-4-14(20)15(21)19-7-5-18(6-8-19)11-2-3-12(16)13(17)10-11/h2-3,10,14,20H,4-9H2,1H3/t14-/m1/s1. The van der Waals surface area contributed by atoms with Crippen LogP contribution in [-0.4, -0.2) is 60.2 Å². The van der Waals surface area contributed by atoms with Crippen LogP contribution in [0.15, 0.2) is 18.2 Å². The van der Waals surface area contributed by atoms with E-state index in [1.165, 1.54) is 0 Å². The monoisotopic (exact) mass is 362 g/mol. The van der Waals surface area contributed by atoms with Crippen LogP contribution in [0.4, 0.5) is 5.69 Å². The SMILES string of the molecule is CSCC[C@@H](O)C(=O)N1CCN(c2ccc(Cl)c(Cl)c2)CC1. The lowest BCUT2D eigenvalue weighted by atomic mass is 10.2. The smallest absolute Gasteiger partial charge is 0.251 e. The number of hydrogen-bond acceptors (Lipinski definition) is 4. The van der Waals surface area contributed by atoms with E-state index in [9.17, 15) is 9.90 Å². The van der Waals surface area contributed by atoms with Crippen LogP contribution in [0.1, 0.15) is 6.42 Å². The van der Waals surface area contributed by atoms with Gasteiger partial charge in [0.05, 0.1) is 10.0 Å². The summed E-state index contributed by atoms with van der Waals surface area (Å²) in [5.41, 5.74) is 1.00. The van der Waals surface area contributed by atoms with Gasteiger partial charge in [-0.05, 0) is 36.6 Å². The molecular weight excluding hydrogens is 343 g/mol. The second-order valence-electron chi connectivity index (χ2n) is 5.21. The Morgan fingerprint density at radius 1 is 1.27 bits per heavy atom. The van der Waals surface area contributed by atoms with Crippen LogP contribution in [0.25, 0.3) is 0 Å². The molecule has 1 aromatic carbocycles. The Balaban J connectivity index is 1.89. The fraction of sp³-hybridized carbons (Fsp3) is 0.533. The van der Waals surface area contributed by atoms with Gasteiger partial charge in [0.2, 0.25) is 0 Å². The molecule has 0 saturated carbocycles. The Bertz CT molecular complexity index is 522. The molecule has 1 saturated heterocycles. The Morgan fingerprint density at radius 3 is 2.55 bits per heavy atom. The van der Waals surface area contributed by atoms with Gasteiger partial charge in [-0.1, -0.05) is 23.2 Å². The van der Waals surface area contributed by atoms with E-state index >= 15 is 0 Å². The van der Waals surface area contributed by atoms with Crippen molar-refractivity contribution < 1.29 is 9.90 Å². The number of hydrogen-bond donors (Lipinski definition) is 1. The first-order valence-electron chi connectivity index (χ1n) is 7.18. The molecule has 7 heteroatoms. The molecule has 2 rings (SSSR count). The summed E-state index contributed by atoms with van der Waals surface area (Å²) in [6.07, 6.45) is 1.59. The molecule has 0 aliphatic carbocycles. The second kappa shape index (κ2) is 8.29. The lowest BCUT2D eigenvalue weighted by Gasteiger charge is -2.37. The van der Waals surface area contributed by atoms with Crippen LogP contribution in [0.5, 0.6) is 0 Å². The molecule has 122 valence electrons. The molecule has 1 fully saturated rings. The van der Waals surface area contributed by atoms with Gasteiger partial charge in [-0.2, -0.15) is 11.8 Å². The number of piperazine rings is 1. The lowest BCUT2D eigenvalue weighted by molar-refractivity contribution is -0.140. The Labute approximate surface area is 145 Å². The fourth-order valence-corrected chi connectivity index (χ4v) is 3.18. The maximum atomic E-state index is 12.2. The average Bonchev–Trinajstić information content (AvgIpc) is 2.54. The molecule has 1 aromatic rings. The van der Waals surface area contributed by atoms with Gasteiger partial charge in [0.15, 0.2) is 0 Å². The summed E-state index contributed by atoms with van der Waals surface area (Å²) in [5.74, 6) is 0.624. The summed E-state index contributed by atoms with van der Waals surface area (Å²) in [6.45, 7) is 2.66. The number of benzene rings is 1. The van der Waals surface area contributed by atoms with Crippen LogP contribution < -0.4 is 4.90 Å². The van der Waals surface area contributed by atoms with Crippen LogP contribution in [-0.2, 0) is 4.79 Å². The first-order valence-corrected chi connectivity index (χ1v) is 9.33. The van der Waals surface area contributed by atoms with Gasteiger partial charge in [-0.3, -0.25) is 4.79 Å². The predicted molar refractivity (Wildman–Crippen MR) is 94.3 cm³/mol. The molecule has 0 radical (unpaired) electrons. The van der Waals surface area contributed by atoms with Crippen LogP contribution in [0.2, 0.25) is 10.0 Å². The summed E-state index contributed by atoms with van der Waals surface area (Å²) in [7, 11) is 0. The van der Waals surface area contributed by atoms with E-state index in [1.54, 1.807) is 22.7 Å². The quantitative estimate of drug-likeness (QED) is 0.874. The summed E-state index contributed by atoms with van der Waals surface area (Å²) in [5, 5.41) is 11.0. The van der Waals surface area contributed by atoms with E-state index in [0.717, 1.165) is 24.5 Å². The molecule has 0 bridgehead atoms. The molecule has 4 nitrogen and oxygen atoms in total. The molecule has 0 spiro atoms. The first kappa shape index (κ1) is 17.7. The topological polar surface area (TPSA) is 43.8 Å². The van der Waals surface area contributed by atoms with Gasteiger partial charge in [0.25, 0.3) is 5.91 Å². The number of thioether (sulfide) groups is 1. The van der Waals surface area contributed by atoms with Gasteiger partial charge >= 0.3 is 0 Å². The number of nitrogens with zero attached hydrogens (tertiary/aromatic N) is 2. The van der Waals surface area contributed by atoms with E-state index in [0.29, 0.717) is 29.6 Å². The third-order valence-corrected chi connectivity index (χ3v) is 5.12. The number of carbonyl (C=O) groups excluding carboxylic acids is 1. The van der Waals surface area contributed by atoms with Crippen LogP contribution >= 0.6 is 35.0 Å². The number of aliphatic hydroxyl groups excluding tert-OH is 1. The molecule has 1 atom stereocenters. The lowest BCUT2D eigenvalue weighted by Crippen LogP contribution is -2.51. The van der Waals surface area contributed by atoms with Crippen molar-refractivity contribution in [1.29, 1.82) is 0 Å². The minimum absolute atomic E-state index is 0.164. The zero-order valence-electron chi connectivity index (χ0n) is 12.5. The van der Waals surface area contributed by atoms with E-state index in [2.05, 4.69) is 4.90 Å². The van der Waals surface area contributed by atoms with Crippen LogP contribution in [0.3, 0.4) is 0 Å². The molecule has 1 heterocycles. The van der Waals surface area contributed by atoms with Crippen molar-refractivity contribution >= 4 is 46.6 Å². The largest absolute Gasteiger partial charge is 0.383 e. The number of halogens is 2. The highest BCUT2D eigenvalue weighted by Crippen LogP contribution is 2.27. The minimum Gasteiger partial charge on any atom is -0.383 e. The third kappa shape index (κ3) is 4.44. The Morgan fingerprint density at radius 2 is 1.95 bits per heavy atom. The second-order valence-corrected chi connectivity index (χ2v) is 7.01. The first-order chi connectivity index (χ1) is 10.5. The number of aliphatic hydroxyl groups is 1. The molecule has 1 aliphatic rings. The molecule has 22 heavy (non-hydrogen) atoms. The highest BCUT2D eigenvalue weighted by Gasteiger charge is 2.26. The van der Waals surface area contributed by atoms with Crippen molar-refractivity contribution in [3.05, 3.63) is 28.2 Å². The maximum absolute atomic E-state index is 12.2. The van der Waals surface area contributed by atoms with E-state index < -0.39 is 6.10 Å². The number of rotatable bonds is 5. The number of anilines is 1. The summed E-state index contributed by atoms with van der Waals surface area (Å²) >= 11 is 13.6. The zero-order chi connectivity index (χ0) is 16.1. The molecular formula is C15H20Cl2N2O2S. The van der Waals surface area contributed by atoms with Crippen molar-refractivity contribution in [2.24, 2.45) is 0 Å². The average molecular weight is 363 g/mol. The minimum atomic E-state index is -0.885. The van der Waals surface area contributed by atoms with Gasteiger partial charge in [0, 0.05) is 31.9 Å². The van der Waals surface area contributed by atoms with E-state index in [1.807, 2.05) is 18.4 Å². The zero-order valence-corrected chi connectivity index (χ0v) is 14.8. The van der Waals surface area contributed by atoms with Crippen molar-refractivity contribution in [3.8, 4) is 0 Å².